The number of carbonyl (C=O) groups excluding carboxylic acids is 2. The Bertz CT molecular complexity index is 1280. The lowest BCUT2D eigenvalue weighted by molar-refractivity contribution is 0.0923. The van der Waals surface area contributed by atoms with Crippen LogP contribution >= 0.6 is 0 Å². The SMILES string of the molecule is COc1cccc(C(=O)N[C@H]2C[C@H]3CC[C@@H](C2)N3c2ccc(C(=O)NCc3cccc(C)c3)cn2)c1C. The van der Waals surface area contributed by atoms with Gasteiger partial charge in [-0.15, -0.1) is 0 Å². The third kappa shape index (κ3) is 5.31. The Morgan fingerprint density at radius 1 is 1.00 bits per heavy atom. The number of pyridine rings is 1. The molecule has 2 N–H and O–H groups in total. The number of methoxy groups -OCH3 is 1. The van der Waals surface area contributed by atoms with E-state index in [1.54, 1.807) is 13.3 Å². The Labute approximate surface area is 218 Å². The molecule has 0 spiro atoms. The third-order valence-electron chi connectivity index (χ3n) is 7.63. The van der Waals surface area contributed by atoms with Crippen molar-refractivity contribution in [3.8, 4) is 5.75 Å². The van der Waals surface area contributed by atoms with E-state index in [1.165, 1.54) is 5.56 Å². The number of benzene rings is 2. The summed E-state index contributed by atoms with van der Waals surface area (Å²) in [6.45, 7) is 4.44. The highest BCUT2D eigenvalue weighted by Crippen LogP contribution is 2.38. The largest absolute Gasteiger partial charge is 0.496 e. The highest BCUT2D eigenvalue weighted by molar-refractivity contribution is 5.96. The van der Waals surface area contributed by atoms with Crippen LogP contribution in [0.3, 0.4) is 0 Å². The van der Waals surface area contributed by atoms with Gasteiger partial charge in [-0.3, -0.25) is 9.59 Å². The molecule has 2 aliphatic rings. The van der Waals surface area contributed by atoms with Gasteiger partial charge >= 0.3 is 0 Å². The number of rotatable bonds is 7. The van der Waals surface area contributed by atoms with Crippen LogP contribution in [-0.4, -0.2) is 42.0 Å². The molecule has 0 aliphatic carbocycles. The molecule has 7 nitrogen and oxygen atoms in total. The fourth-order valence-electron chi connectivity index (χ4n) is 5.79. The van der Waals surface area contributed by atoms with Crippen molar-refractivity contribution in [2.24, 2.45) is 0 Å². The number of nitrogens with one attached hydrogen (secondary N) is 2. The van der Waals surface area contributed by atoms with Crippen molar-refractivity contribution < 1.29 is 14.3 Å². The van der Waals surface area contributed by atoms with E-state index < -0.39 is 0 Å². The molecule has 3 atom stereocenters. The second kappa shape index (κ2) is 10.6. The van der Waals surface area contributed by atoms with Crippen molar-refractivity contribution in [1.82, 2.24) is 15.6 Å². The van der Waals surface area contributed by atoms with E-state index in [0.717, 1.165) is 48.4 Å². The minimum atomic E-state index is -0.127. The predicted molar refractivity (Wildman–Crippen MR) is 144 cm³/mol. The molecule has 2 saturated heterocycles. The molecule has 0 radical (unpaired) electrons. The first kappa shape index (κ1) is 24.8. The number of hydrogen-bond acceptors (Lipinski definition) is 5. The van der Waals surface area contributed by atoms with Gasteiger partial charge in [-0.1, -0.05) is 35.9 Å². The minimum Gasteiger partial charge on any atom is -0.496 e. The number of amides is 2. The summed E-state index contributed by atoms with van der Waals surface area (Å²) in [5.41, 5.74) is 4.32. The van der Waals surface area contributed by atoms with Crippen LogP contribution in [0.25, 0.3) is 0 Å². The molecule has 2 aliphatic heterocycles. The average Bonchev–Trinajstić information content (AvgIpc) is 3.17. The van der Waals surface area contributed by atoms with Gasteiger partial charge in [0.05, 0.1) is 12.7 Å². The fraction of sp³-hybridized carbons (Fsp3) is 0.367. The van der Waals surface area contributed by atoms with Gasteiger partial charge in [0.2, 0.25) is 0 Å². The lowest BCUT2D eigenvalue weighted by Crippen LogP contribution is -2.50. The van der Waals surface area contributed by atoms with Crippen molar-refractivity contribution >= 4 is 17.6 Å². The zero-order valence-electron chi connectivity index (χ0n) is 21.7. The maximum absolute atomic E-state index is 13.0. The van der Waals surface area contributed by atoms with Crippen molar-refractivity contribution in [1.29, 1.82) is 0 Å². The maximum atomic E-state index is 13.0. The van der Waals surface area contributed by atoms with Crippen LogP contribution in [0.4, 0.5) is 5.82 Å². The minimum absolute atomic E-state index is 0.0478. The Morgan fingerprint density at radius 3 is 2.43 bits per heavy atom. The summed E-state index contributed by atoms with van der Waals surface area (Å²) in [5, 5.41) is 6.24. The molecule has 1 aromatic heterocycles. The maximum Gasteiger partial charge on any atom is 0.253 e. The van der Waals surface area contributed by atoms with E-state index in [9.17, 15) is 9.59 Å². The Hall–Kier alpha value is -3.87. The summed E-state index contributed by atoms with van der Waals surface area (Å²) in [6.07, 6.45) is 5.59. The van der Waals surface area contributed by atoms with Gasteiger partial charge in [0.15, 0.2) is 0 Å². The summed E-state index contributed by atoms with van der Waals surface area (Å²) < 4.78 is 5.38. The van der Waals surface area contributed by atoms with Gasteiger partial charge in [0.25, 0.3) is 11.8 Å². The van der Waals surface area contributed by atoms with Crippen LogP contribution in [0.1, 0.15) is 63.1 Å². The zero-order valence-corrected chi connectivity index (χ0v) is 21.7. The van der Waals surface area contributed by atoms with E-state index in [0.29, 0.717) is 29.8 Å². The van der Waals surface area contributed by atoms with Crippen LogP contribution < -0.4 is 20.3 Å². The topological polar surface area (TPSA) is 83.6 Å². The standard InChI is InChI=1S/C30H34N4O3/c1-19-6-4-7-21(14-19)17-32-29(35)22-10-13-28(31-18-22)34-24-11-12-25(34)16-23(15-24)33-30(36)26-8-5-9-27(37-3)20(26)2/h4-10,13-14,18,23-25H,11-12,15-17H2,1-3H3,(H,32,35)(H,33,36)/t23-,24+,25-. The molecule has 2 amide bonds. The van der Waals surface area contributed by atoms with Crippen LogP contribution in [0.2, 0.25) is 0 Å². The van der Waals surface area contributed by atoms with Gasteiger partial charge in [0, 0.05) is 42.0 Å². The lowest BCUT2D eigenvalue weighted by atomic mass is 9.96. The quantitative estimate of drug-likeness (QED) is 0.499. The number of anilines is 1. The highest BCUT2D eigenvalue weighted by Gasteiger charge is 2.42. The van der Waals surface area contributed by atoms with Crippen molar-refractivity contribution in [3.05, 3.63) is 88.6 Å². The molecule has 37 heavy (non-hydrogen) atoms. The molecular formula is C30H34N4O3. The highest BCUT2D eigenvalue weighted by atomic mass is 16.5. The molecule has 2 bridgehead atoms. The summed E-state index contributed by atoms with van der Waals surface area (Å²) in [6, 6.07) is 18.3. The molecular weight excluding hydrogens is 464 g/mol. The molecule has 7 heteroatoms. The first-order valence-corrected chi connectivity index (χ1v) is 13.0. The second-order valence-corrected chi connectivity index (χ2v) is 10.1. The third-order valence-corrected chi connectivity index (χ3v) is 7.63. The zero-order chi connectivity index (χ0) is 25.9. The van der Waals surface area contributed by atoms with Crippen molar-refractivity contribution in [2.45, 2.75) is 64.2 Å². The number of nitrogens with zero attached hydrogens (tertiary/aromatic N) is 2. The van der Waals surface area contributed by atoms with Crippen molar-refractivity contribution in [2.75, 3.05) is 12.0 Å². The Kier molecular flexibility index (Phi) is 7.12. The van der Waals surface area contributed by atoms with E-state index in [2.05, 4.69) is 26.6 Å². The van der Waals surface area contributed by atoms with Crippen molar-refractivity contribution in [3.63, 3.8) is 0 Å². The molecule has 192 valence electrons. The molecule has 3 aromatic rings. The van der Waals surface area contributed by atoms with Gasteiger partial charge in [-0.05, 0) is 69.4 Å². The number of fused-ring (bicyclic) bond motifs is 2. The lowest BCUT2D eigenvalue weighted by Gasteiger charge is -2.40. The fourth-order valence-corrected chi connectivity index (χ4v) is 5.79. The predicted octanol–water partition coefficient (Wildman–Crippen LogP) is 4.57. The molecule has 2 fully saturated rings. The first-order chi connectivity index (χ1) is 17.9. The number of piperidine rings is 1. The second-order valence-electron chi connectivity index (χ2n) is 10.1. The Morgan fingerprint density at radius 2 is 1.76 bits per heavy atom. The molecule has 2 aromatic carbocycles. The summed E-state index contributed by atoms with van der Waals surface area (Å²) in [5.74, 6) is 1.45. The average molecular weight is 499 g/mol. The van der Waals surface area contributed by atoms with Crippen LogP contribution in [0.5, 0.6) is 5.75 Å². The number of carbonyl (C=O) groups is 2. The number of ether oxygens (including phenoxy) is 1. The van der Waals surface area contributed by atoms with Gasteiger partial charge in [-0.25, -0.2) is 4.98 Å². The monoisotopic (exact) mass is 498 g/mol. The smallest absolute Gasteiger partial charge is 0.253 e. The summed E-state index contributed by atoms with van der Waals surface area (Å²) in [4.78, 5) is 32.7. The molecule has 0 saturated carbocycles. The number of aryl methyl sites for hydroxylation is 1. The van der Waals surface area contributed by atoms with E-state index in [1.807, 2.05) is 62.4 Å². The van der Waals surface area contributed by atoms with E-state index in [4.69, 9.17) is 4.74 Å². The van der Waals surface area contributed by atoms with Gasteiger partial charge < -0.3 is 20.3 Å². The first-order valence-electron chi connectivity index (χ1n) is 13.0. The summed E-state index contributed by atoms with van der Waals surface area (Å²) >= 11 is 0. The summed E-state index contributed by atoms with van der Waals surface area (Å²) in [7, 11) is 1.62. The molecule has 5 rings (SSSR count). The van der Waals surface area contributed by atoms with Crippen LogP contribution in [0, 0.1) is 13.8 Å². The number of hydrogen-bond donors (Lipinski definition) is 2. The normalized spacial score (nSPS) is 20.4. The Balaban J connectivity index is 1.19. The van der Waals surface area contributed by atoms with Gasteiger partial charge in [-0.2, -0.15) is 0 Å². The number of aromatic nitrogens is 1. The molecule has 3 heterocycles. The van der Waals surface area contributed by atoms with Crippen LogP contribution in [-0.2, 0) is 6.54 Å². The van der Waals surface area contributed by atoms with Crippen LogP contribution in [0.15, 0.2) is 60.8 Å². The van der Waals surface area contributed by atoms with E-state index >= 15 is 0 Å². The van der Waals surface area contributed by atoms with E-state index in [-0.39, 0.29) is 17.9 Å². The van der Waals surface area contributed by atoms with Gasteiger partial charge in [0.1, 0.15) is 11.6 Å². The molecule has 0 unspecified atom stereocenters.